The van der Waals surface area contributed by atoms with Crippen LogP contribution in [0, 0.1) is 5.92 Å². The molecule has 1 heterocycles. The summed E-state index contributed by atoms with van der Waals surface area (Å²) in [5, 5.41) is 9.44. The quantitative estimate of drug-likeness (QED) is 0.368. The highest BCUT2D eigenvalue weighted by Crippen LogP contribution is 2.37. The first kappa shape index (κ1) is 24.0. The number of carbonyl (C=O) groups excluding carboxylic acids is 1. The van der Waals surface area contributed by atoms with Gasteiger partial charge in [0.25, 0.3) is 0 Å². The van der Waals surface area contributed by atoms with Gasteiger partial charge in [0.15, 0.2) is 23.9 Å². The molecule has 0 saturated heterocycles. The molecule has 2 N–H and O–H groups in total. The van der Waals surface area contributed by atoms with E-state index in [9.17, 15) is 18.4 Å². The van der Waals surface area contributed by atoms with Crippen LogP contribution >= 0.6 is 23.2 Å². The molecule has 0 bridgehead atoms. The summed E-state index contributed by atoms with van der Waals surface area (Å²) >= 11 is 12.4. The molecule has 1 saturated carbocycles. The highest BCUT2D eigenvalue weighted by molar-refractivity contribution is 6.35. The molecule has 32 heavy (non-hydrogen) atoms. The van der Waals surface area contributed by atoms with Crippen LogP contribution in [-0.2, 0) is 20.7 Å². The van der Waals surface area contributed by atoms with Crippen molar-refractivity contribution in [3.63, 3.8) is 0 Å². The smallest absolute Gasteiger partial charge is 0.387 e. The average Bonchev–Trinajstić information content (AvgIpc) is 3.53. The summed E-state index contributed by atoms with van der Waals surface area (Å²) < 4.78 is 41.2. The topological polar surface area (TPSA) is 96.2 Å². The van der Waals surface area contributed by atoms with E-state index in [1.54, 1.807) is 0 Å². The van der Waals surface area contributed by atoms with Crippen molar-refractivity contribution in [1.82, 2.24) is 0 Å². The molecule has 0 amide bonds. The number of ether oxygens (including phenoxy) is 3. The molecule has 1 aliphatic rings. The summed E-state index contributed by atoms with van der Waals surface area (Å²) in [4.78, 5) is 25.7. The summed E-state index contributed by atoms with van der Waals surface area (Å²) in [6.45, 7) is -2.72. The van der Waals surface area contributed by atoms with Gasteiger partial charge in [-0.05, 0) is 36.5 Å². The number of carboxylic acids is 1. The van der Waals surface area contributed by atoms with E-state index >= 15 is 0 Å². The molecule has 11 heteroatoms. The zero-order valence-corrected chi connectivity index (χ0v) is 18.2. The number of H-pyrrole nitrogens is 1. The number of benzene rings is 1. The van der Waals surface area contributed by atoms with Crippen LogP contribution in [0.3, 0.4) is 0 Å². The zero-order valence-electron chi connectivity index (χ0n) is 16.7. The van der Waals surface area contributed by atoms with Crippen molar-refractivity contribution in [2.75, 3.05) is 6.61 Å². The largest absolute Gasteiger partial charge is 0.489 e. The molecule has 2 aromatic rings. The maximum absolute atomic E-state index is 12.8. The second-order valence-electron chi connectivity index (χ2n) is 7.22. The van der Waals surface area contributed by atoms with Crippen LogP contribution in [0.2, 0.25) is 10.0 Å². The van der Waals surface area contributed by atoms with Gasteiger partial charge < -0.3 is 19.3 Å². The van der Waals surface area contributed by atoms with E-state index < -0.39 is 31.1 Å². The molecule has 0 aliphatic heterocycles. The fourth-order valence-corrected chi connectivity index (χ4v) is 3.46. The van der Waals surface area contributed by atoms with Gasteiger partial charge in [-0.25, -0.2) is 4.98 Å². The fourth-order valence-electron chi connectivity index (χ4n) is 2.93. The second-order valence-corrected chi connectivity index (χ2v) is 8.04. The number of nitrogens with one attached hydrogen (secondary N) is 1. The summed E-state index contributed by atoms with van der Waals surface area (Å²) in [7, 11) is 0. The molecular formula is C21H20Cl2F2NO6+. The Balaban J connectivity index is 1.93. The number of rotatable bonds is 11. The van der Waals surface area contributed by atoms with Gasteiger partial charge in [0, 0.05) is 12.0 Å². The first-order valence-electron chi connectivity index (χ1n) is 9.69. The van der Waals surface area contributed by atoms with E-state index in [4.69, 9.17) is 37.8 Å². The summed E-state index contributed by atoms with van der Waals surface area (Å²) in [6.07, 6.45) is 3.10. The van der Waals surface area contributed by atoms with Gasteiger partial charge >= 0.3 is 18.6 Å². The number of pyridine rings is 1. The number of aromatic amines is 1. The molecule has 0 spiro atoms. The molecule has 1 aliphatic carbocycles. The van der Waals surface area contributed by atoms with E-state index in [0.717, 1.165) is 12.8 Å². The number of alkyl halides is 2. The van der Waals surface area contributed by atoms with Crippen LogP contribution in [0.15, 0.2) is 30.6 Å². The first-order valence-corrected chi connectivity index (χ1v) is 10.4. The third-order valence-electron chi connectivity index (χ3n) is 4.68. The Morgan fingerprint density at radius 2 is 1.84 bits per heavy atom. The number of hydrogen-bond donors (Lipinski definition) is 1. The fraction of sp³-hybridized carbons (Fsp3) is 0.381. The molecule has 172 valence electrons. The van der Waals surface area contributed by atoms with Gasteiger partial charge in [-0.15, -0.1) is 0 Å². The lowest BCUT2D eigenvalue weighted by molar-refractivity contribution is -0.377. The average molecular weight is 491 g/mol. The molecule has 1 fully saturated rings. The van der Waals surface area contributed by atoms with Crippen molar-refractivity contribution in [3.8, 4) is 11.5 Å². The Morgan fingerprint density at radius 3 is 2.44 bits per heavy atom. The highest BCUT2D eigenvalue weighted by atomic mass is 35.5. The van der Waals surface area contributed by atoms with Crippen LogP contribution in [0.4, 0.5) is 8.78 Å². The molecule has 1 aromatic carbocycles. The van der Waals surface area contributed by atoms with Crippen LogP contribution in [-0.4, -0.2) is 30.3 Å². The Morgan fingerprint density at radius 1 is 1.16 bits per heavy atom. The zero-order chi connectivity index (χ0) is 23.3. The van der Waals surface area contributed by atoms with Gasteiger partial charge in [0.05, 0.1) is 6.61 Å². The van der Waals surface area contributed by atoms with Crippen molar-refractivity contribution >= 4 is 35.1 Å². The van der Waals surface area contributed by atoms with Gasteiger partial charge in [-0.2, -0.15) is 8.78 Å². The molecule has 7 nitrogen and oxygen atoms in total. The Bertz CT molecular complexity index is 967. The molecule has 1 aromatic heterocycles. The SMILES string of the molecule is O=C(O)CC(=O)O[C@@H](Cc1c(Cl)c[nH+]cc1Cl)c1ccc(OC(F)F)c(OCC2CC2)c1. The minimum Gasteiger partial charge on any atom is -0.489 e. The van der Waals surface area contributed by atoms with Crippen molar-refractivity contribution in [1.29, 1.82) is 0 Å². The van der Waals surface area contributed by atoms with Crippen molar-refractivity contribution in [2.24, 2.45) is 5.92 Å². The lowest BCUT2D eigenvalue weighted by Crippen LogP contribution is -2.18. The number of aromatic nitrogens is 1. The number of halogens is 4. The van der Waals surface area contributed by atoms with E-state index in [-0.39, 0.29) is 28.0 Å². The summed E-state index contributed by atoms with van der Waals surface area (Å²) in [5.74, 6) is -2.09. The van der Waals surface area contributed by atoms with E-state index in [0.29, 0.717) is 23.7 Å². The number of aliphatic carboxylic acids is 1. The third-order valence-corrected chi connectivity index (χ3v) is 5.36. The van der Waals surface area contributed by atoms with Crippen LogP contribution in [0.5, 0.6) is 11.5 Å². The van der Waals surface area contributed by atoms with Crippen molar-refractivity contribution in [3.05, 3.63) is 51.8 Å². The van der Waals surface area contributed by atoms with Gasteiger partial charge in [-0.3, -0.25) is 9.59 Å². The maximum atomic E-state index is 12.8. The van der Waals surface area contributed by atoms with Gasteiger partial charge in [0.1, 0.15) is 22.6 Å². The minimum absolute atomic E-state index is 0.00875. The van der Waals surface area contributed by atoms with Crippen molar-refractivity contribution < 1.29 is 42.7 Å². The van der Waals surface area contributed by atoms with Crippen LogP contribution in [0.1, 0.15) is 36.5 Å². The predicted octanol–water partition coefficient (Wildman–Crippen LogP) is 4.50. The number of carbonyl (C=O) groups is 2. The number of carboxylic acid groups (broad SMARTS) is 1. The lowest BCUT2D eigenvalue weighted by atomic mass is 10.0. The van der Waals surface area contributed by atoms with Crippen LogP contribution in [0.25, 0.3) is 0 Å². The van der Waals surface area contributed by atoms with Gasteiger partial charge in [0.2, 0.25) is 0 Å². The second kappa shape index (κ2) is 10.8. The molecule has 1 atom stereocenters. The number of hydrogen-bond acceptors (Lipinski definition) is 5. The summed E-state index contributed by atoms with van der Waals surface area (Å²) in [5.41, 5.74) is 0.824. The molecular weight excluding hydrogens is 471 g/mol. The molecule has 0 unspecified atom stereocenters. The van der Waals surface area contributed by atoms with Crippen molar-refractivity contribution in [2.45, 2.75) is 38.4 Å². The minimum atomic E-state index is -3.05. The third kappa shape index (κ3) is 6.93. The van der Waals surface area contributed by atoms with Gasteiger partial charge in [-0.1, -0.05) is 29.3 Å². The highest BCUT2D eigenvalue weighted by Gasteiger charge is 2.26. The first-order chi connectivity index (χ1) is 15.2. The number of esters is 1. The Labute approximate surface area is 192 Å². The van der Waals surface area contributed by atoms with E-state index in [1.807, 2.05) is 0 Å². The standard InChI is InChI=1S/C21H19Cl2F2NO6/c22-14-8-26-9-15(23)13(14)6-17(31-20(29)7-19(27)28)12-3-4-16(32-21(24)25)18(5-12)30-10-11-1-2-11/h3-5,8-9,11,17,21H,1-2,6-7,10H2,(H,27,28)/p+1/t17-/m0/s1. The summed E-state index contributed by atoms with van der Waals surface area (Å²) in [6, 6.07) is 4.14. The molecule has 3 rings (SSSR count). The molecule has 0 radical (unpaired) electrons. The van der Waals surface area contributed by atoms with Crippen LogP contribution < -0.4 is 14.5 Å². The lowest BCUT2D eigenvalue weighted by Gasteiger charge is -2.21. The monoisotopic (exact) mass is 490 g/mol. The Hall–Kier alpha value is -2.65. The maximum Gasteiger partial charge on any atom is 0.387 e. The van der Waals surface area contributed by atoms with E-state index in [2.05, 4.69) is 9.72 Å². The van der Waals surface area contributed by atoms with E-state index in [1.165, 1.54) is 30.6 Å². The normalized spacial score (nSPS) is 14.2. The predicted molar refractivity (Wildman–Crippen MR) is 109 cm³/mol. The Kier molecular flexibility index (Phi) is 8.09.